The molecule has 0 amide bonds. The molecule has 3 heteroatoms. The van der Waals surface area contributed by atoms with Gasteiger partial charge < -0.3 is 4.57 Å². The first kappa shape index (κ1) is 7.55. The summed E-state index contributed by atoms with van der Waals surface area (Å²) in [6.07, 6.45) is 0. The average molecular weight is 148 g/mol. The maximum atomic E-state index is 11.0. The van der Waals surface area contributed by atoms with Crippen molar-refractivity contribution in [3.63, 3.8) is 0 Å². The van der Waals surface area contributed by atoms with E-state index >= 15 is 0 Å². The van der Waals surface area contributed by atoms with Crippen LogP contribution in [0.15, 0.2) is 16.9 Å². The average Bonchev–Trinajstić information content (AvgIpc) is 1.99. The fraction of sp³-hybridized carbons (Fsp3) is 0.250. The van der Waals surface area contributed by atoms with Crippen molar-refractivity contribution in [2.45, 2.75) is 6.92 Å². The fourth-order valence-corrected chi connectivity index (χ4v) is 0.832. The molecule has 0 radical (unpaired) electrons. The maximum Gasteiger partial charge on any atom is 0.251 e. The minimum atomic E-state index is -0.137. The highest BCUT2D eigenvalue weighted by Gasteiger charge is 1.97. The molecule has 11 heavy (non-hydrogen) atoms. The lowest BCUT2D eigenvalue weighted by Crippen LogP contribution is -2.17. The number of hydrogen-bond donors (Lipinski definition) is 0. The Balaban J connectivity index is 3.48. The number of nitrogens with zero attached hydrogens (tertiary/aromatic N) is 2. The Morgan fingerprint density at radius 2 is 2.18 bits per heavy atom. The lowest BCUT2D eigenvalue weighted by molar-refractivity contribution is 0.817. The van der Waals surface area contributed by atoms with E-state index in [9.17, 15) is 4.79 Å². The Bertz CT molecular complexity index is 371. The zero-order valence-electron chi connectivity index (χ0n) is 6.46. The molecular formula is C8H8N2O. The molecule has 56 valence electrons. The van der Waals surface area contributed by atoms with Gasteiger partial charge in [0.15, 0.2) is 0 Å². The zero-order valence-corrected chi connectivity index (χ0v) is 6.46. The van der Waals surface area contributed by atoms with E-state index in [1.807, 2.05) is 6.07 Å². The van der Waals surface area contributed by atoms with Crippen molar-refractivity contribution in [1.29, 1.82) is 5.26 Å². The molecular weight excluding hydrogens is 140 g/mol. The van der Waals surface area contributed by atoms with Crippen molar-refractivity contribution in [2.75, 3.05) is 0 Å². The first-order chi connectivity index (χ1) is 5.15. The summed E-state index contributed by atoms with van der Waals surface area (Å²) in [6.45, 7) is 1.79. The van der Waals surface area contributed by atoms with Crippen LogP contribution in [0.5, 0.6) is 0 Å². The molecule has 0 atom stereocenters. The van der Waals surface area contributed by atoms with Gasteiger partial charge in [0.1, 0.15) is 0 Å². The van der Waals surface area contributed by atoms with E-state index in [-0.39, 0.29) is 5.56 Å². The van der Waals surface area contributed by atoms with Gasteiger partial charge in [-0.2, -0.15) is 5.26 Å². The van der Waals surface area contributed by atoms with Gasteiger partial charge in [-0.05, 0) is 13.0 Å². The molecule has 0 aliphatic carbocycles. The summed E-state index contributed by atoms with van der Waals surface area (Å²) < 4.78 is 1.50. The Labute approximate surface area is 64.5 Å². The third kappa shape index (κ3) is 1.30. The molecule has 0 aliphatic heterocycles. The molecule has 0 aromatic carbocycles. The number of hydrogen-bond acceptors (Lipinski definition) is 2. The van der Waals surface area contributed by atoms with Gasteiger partial charge in [-0.25, -0.2) is 0 Å². The van der Waals surface area contributed by atoms with Crippen LogP contribution < -0.4 is 5.56 Å². The monoisotopic (exact) mass is 148 g/mol. The van der Waals surface area contributed by atoms with Gasteiger partial charge in [-0.3, -0.25) is 4.79 Å². The van der Waals surface area contributed by atoms with Crippen LogP contribution in [0, 0.1) is 18.3 Å². The van der Waals surface area contributed by atoms with Crippen LogP contribution in [0.4, 0.5) is 0 Å². The standard InChI is InChI=1S/C8H8N2O/c1-6-3-7(5-9)4-8(11)10(6)2/h3-4H,1-2H3. The molecule has 1 aromatic rings. The highest BCUT2D eigenvalue weighted by Crippen LogP contribution is 1.96. The third-order valence-electron chi connectivity index (χ3n) is 1.63. The van der Waals surface area contributed by atoms with Gasteiger partial charge in [-0.1, -0.05) is 0 Å². The van der Waals surface area contributed by atoms with Crippen LogP contribution in [-0.4, -0.2) is 4.57 Å². The van der Waals surface area contributed by atoms with Crippen molar-refractivity contribution in [2.24, 2.45) is 7.05 Å². The van der Waals surface area contributed by atoms with E-state index in [2.05, 4.69) is 0 Å². The number of aromatic nitrogens is 1. The summed E-state index contributed by atoms with van der Waals surface area (Å²) >= 11 is 0. The van der Waals surface area contributed by atoms with Crippen LogP contribution in [0.2, 0.25) is 0 Å². The minimum absolute atomic E-state index is 0.137. The van der Waals surface area contributed by atoms with Gasteiger partial charge in [0, 0.05) is 18.8 Å². The van der Waals surface area contributed by atoms with Gasteiger partial charge in [-0.15, -0.1) is 0 Å². The van der Waals surface area contributed by atoms with E-state index in [1.54, 1.807) is 20.0 Å². The third-order valence-corrected chi connectivity index (χ3v) is 1.63. The fourth-order valence-electron chi connectivity index (χ4n) is 0.832. The molecule has 3 nitrogen and oxygen atoms in total. The van der Waals surface area contributed by atoms with Crippen molar-refractivity contribution in [1.82, 2.24) is 4.57 Å². The number of aryl methyl sites for hydroxylation is 1. The van der Waals surface area contributed by atoms with Crippen molar-refractivity contribution in [3.8, 4) is 6.07 Å². The Morgan fingerprint density at radius 3 is 2.64 bits per heavy atom. The van der Waals surface area contributed by atoms with E-state index in [0.29, 0.717) is 5.56 Å². The molecule has 0 spiro atoms. The predicted molar refractivity (Wildman–Crippen MR) is 41.1 cm³/mol. The Morgan fingerprint density at radius 1 is 1.55 bits per heavy atom. The van der Waals surface area contributed by atoms with Crippen molar-refractivity contribution >= 4 is 0 Å². The van der Waals surface area contributed by atoms with Crippen LogP contribution >= 0.6 is 0 Å². The van der Waals surface area contributed by atoms with E-state index < -0.39 is 0 Å². The molecule has 0 unspecified atom stereocenters. The van der Waals surface area contributed by atoms with Crippen molar-refractivity contribution in [3.05, 3.63) is 33.7 Å². The topological polar surface area (TPSA) is 45.8 Å². The molecule has 1 heterocycles. The Kier molecular flexibility index (Phi) is 1.77. The van der Waals surface area contributed by atoms with Crippen LogP contribution in [-0.2, 0) is 7.05 Å². The summed E-state index contributed by atoms with van der Waals surface area (Å²) in [7, 11) is 1.68. The van der Waals surface area contributed by atoms with E-state index in [0.717, 1.165) is 5.69 Å². The van der Waals surface area contributed by atoms with E-state index in [4.69, 9.17) is 5.26 Å². The summed E-state index contributed by atoms with van der Waals surface area (Å²) in [4.78, 5) is 11.0. The second kappa shape index (κ2) is 2.59. The lowest BCUT2D eigenvalue weighted by atomic mass is 10.2. The molecule has 0 fully saturated rings. The van der Waals surface area contributed by atoms with Crippen LogP contribution in [0.25, 0.3) is 0 Å². The van der Waals surface area contributed by atoms with Gasteiger partial charge in [0.2, 0.25) is 0 Å². The molecule has 0 saturated carbocycles. The molecule has 0 N–H and O–H groups in total. The smallest absolute Gasteiger partial charge is 0.251 e. The second-order valence-corrected chi connectivity index (χ2v) is 2.39. The number of pyridine rings is 1. The minimum Gasteiger partial charge on any atom is -0.316 e. The SMILES string of the molecule is Cc1cc(C#N)cc(=O)n1C. The largest absolute Gasteiger partial charge is 0.316 e. The highest BCUT2D eigenvalue weighted by molar-refractivity contribution is 5.28. The Hall–Kier alpha value is -1.56. The predicted octanol–water partition coefficient (Wildman–Crippen LogP) is 0.565. The normalized spacial score (nSPS) is 9.18. The van der Waals surface area contributed by atoms with Crippen molar-refractivity contribution < 1.29 is 0 Å². The van der Waals surface area contributed by atoms with E-state index in [1.165, 1.54) is 10.6 Å². The molecule has 0 bridgehead atoms. The van der Waals surface area contributed by atoms with Crippen LogP contribution in [0.3, 0.4) is 0 Å². The van der Waals surface area contributed by atoms with Gasteiger partial charge >= 0.3 is 0 Å². The second-order valence-electron chi connectivity index (χ2n) is 2.39. The lowest BCUT2D eigenvalue weighted by Gasteiger charge is -2.00. The first-order valence-corrected chi connectivity index (χ1v) is 3.23. The summed E-state index contributed by atoms with van der Waals surface area (Å²) in [5.74, 6) is 0. The number of nitriles is 1. The van der Waals surface area contributed by atoms with Gasteiger partial charge in [0.05, 0.1) is 11.6 Å². The highest BCUT2D eigenvalue weighted by atomic mass is 16.1. The molecule has 0 saturated heterocycles. The summed E-state index contributed by atoms with van der Waals surface area (Å²) in [5.41, 5.74) is 1.08. The first-order valence-electron chi connectivity index (χ1n) is 3.23. The summed E-state index contributed by atoms with van der Waals surface area (Å²) in [6, 6.07) is 4.93. The molecule has 1 aromatic heterocycles. The quantitative estimate of drug-likeness (QED) is 0.539. The van der Waals surface area contributed by atoms with Gasteiger partial charge in [0.25, 0.3) is 5.56 Å². The van der Waals surface area contributed by atoms with Crippen LogP contribution in [0.1, 0.15) is 11.3 Å². The maximum absolute atomic E-state index is 11.0. The molecule has 0 aliphatic rings. The number of rotatable bonds is 0. The molecule has 1 rings (SSSR count). The zero-order chi connectivity index (χ0) is 8.43. The summed E-state index contributed by atoms with van der Waals surface area (Å²) in [5, 5.41) is 8.48.